The van der Waals surface area contributed by atoms with Gasteiger partial charge in [-0.2, -0.15) is 4.98 Å². The molecule has 0 amide bonds. The van der Waals surface area contributed by atoms with Crippen LogP contribution >= 0.6 is 11.3 Å². The van der Waals surface area contributed by atoms with Crippen LogP contribution in [0.5, 0.6) is 6.01 Å². The van der Waals surface area contributed by atoms with Gasteiger partial charge >= 0.3 is 6.01 Å². The quantitative estimate of drug-likeness (QED) is 0.807. The SMILES string of the molecule is CCCCn1c(OCCC)nc2sccc2c1=O. The standard InChI is InChI=1S/C13H18N2O2S/c1-3-5-7-15-12(16)10-6-9-18-11(10)14-13(15)17-8-4-2/h6,9H,3-5,7-8H2,1-2H3. The van der Waals surface area contributed by atoms with E-state index < -0.39 is 0 Å². The fourth-order valence-corrected chi connectivity index (χ4v) is 2.49. The summed E-state index contributed by atoms with van der Waals surface area (Å²) in [5, 5.41) is 2.59. The van der Waals surface area contributed by atoms with Crippen LogP contribution in [0.4, 0.5) is 0 Å². The molecule has 2 rings (SSSR count). The van der Waals surface area contributed by atoms with Gasteiger partial charge in [0.25, 0.3) is 5.56 Å². The summed E-state index contributed by atoms with van der Waals surface area (Å²) in [5.74, 6) is 0. The molecule has 18 heavy (non-hydrogen) atoms. The molecule has 2 aromatic rings. The van der Waals surface area contributed by atoms with Crippen molar-refractivity contribution in [2.45, 2.75) is 39.7 Å². The molecule has 0 fully saturated rings. The zero-order valence-electron chi connectivity index (χ0n) is 10.8. The van der Waals surface area contributed by atoms with E-state index in [0.717, 1.165) is 24.1 Å². The summed E-state index contributed by atoms with van der Waals surface area (Å²) in [6.45, 7) is 5.41. The minimum atomic E-state index is 0.0146. The Kier molecular flexibility index (Phi) is 4.36. The average molecular weight is 266 g/mol. The summed E-state index contributed by atoms with van der Waals surface area (Å²) in [5.41, 5.74) is 0.0146. The van der Waals surface area contributed by atoms with Gasteiger partial charge in [-0.3, -0.25) is 9.36 Å². The first-order valence-corrected chi connectivity index (χ1v) is 7.26. The number of fused-ring (bicyclic) bond motifs is 1. The molecule has 0 aliphatic heterocycles. The van der Waals surface area contributed by atoms with Gasteiger partial charge in [0.2, 0.25) is 0 Å². The molecule has 2 heterocycles. The molecule has 0 aliphatic rings. The van der Waals surface area contributed by atoms with Crippen molar-refractivity contribution in [3.05, 3.63) is 21.8 Å². The van der Waals surface area contributed by atoms with Gasteiger partial charge in [0.1, 0.15) is 4.83 Å². The third-order valence-corrected chi connectivity index (χ3v) is 3.53. The summed E-state index contributed by atoms with van der Waals surface area (Å²) in [4.78, 5) is 17.5. The second kappa shape index (κ2) is 6.00. The van der Waals surface area contributed by atoms with Crippen molar-refractivity contribution < 1.29 is 4.74 Å². The van der Waals surface area contributed by atoms with Gasteiger partial charge in [-0.1, -0.05) is 20.3 Å². The Morgan fingerprint density at radius 1 is 1.39 bits per heavy atom. The van der Waals surface area contributed by atoms with Crippen molar-refractivity contribution in [3.8, 4) is 6.01 Å². The van der Waals surface area contributed by atoms with Crippen LogP contribution in [-0.4, -0.2) is 16.2 Å². The molecule has 5 heteroatoms. The molecule has 0 unspecified atom stereocenters. The molecule has 4 nitrogen and oxygen atoms in total. The Bertz CT molecular complexity index is 574. The van der Waals surface area contributed by atoms with Crippen LogP contribution in [0.2, 0.25) is 0 Å². The van der Waals surface area contributed by atoms with Crippen LogP contribution in [0.3, 0.4) is 0 Å². The predicted molar refractivity (Wildman–Crippen MR) is 74.6 cm³/mol. The van der Waals surface area contributed by atoms with Gasteiger partial charge in [0, 0.05) is 6.54 Å². The van der Waals surface area contributed by atoms with Crippen LogP contribution in [0.15, 0.2) is 16.2 Å². The van der Waals surface area contributed by atoms with E-state index in [9.17, 15) is 4.79 Å². The molecular weight excluding hydrogens is 248 g/mol. The lowest BCUT2D eigenvalue weighted by molar-refractivity contribution is 0.272. The van der Waals surface area contributed by atoms with Crippen LogP contribution in [0, 0.1) is 0 Å². The predicted octanol–water partition coefficient (Wildman–Crippen LogP) is 3.05. The summed E-state index contributed by atoms with van der Waals surface area (Å²) >= 11 is 1.48. The number of thiophene rings is 1. The zero-order chi connectivity index (χ0) is 13.0. The minimum Gasteiger partial charge on any atom is -0.465 e. The zero-order valence-corrected chi connectivity index (χ0v) is 11.6. The highest BCUT2D eigenvalue weighted by atomic mass is 32.1. The molecule has 0 aromatic carbocycles. The van der Waals surface area contributed by atoms with E-state index in [1.165, 1.54) is 11.3 Å². The lowest BCUT2D eigenvalue weighted by Gasteiger charge is -2.11. The number of hydrogen-bond acceptors (Lipinski definition) is 4. The maximum atomic E-state index is 12.3. The molecule has 2 aromatic heterocycles. The van der Waals surface area contributed by atoms with Crippen molar-refractivity contribution in [1.82, 2.24) is 9.55 Å². The number of hydrogen-bond donors (Lipinski definition) is 0. The van der Waals surface area contributed by atoms with Crippen molar-refractivity contribution in [2.75, 3.05) is 6.61 Å². The Morgan fingerprint density at radius 3 is 2.94 bits per heavy atom. The van der Waals surface area contributed by atoms with Gasteiger partial charge < -0.3 is 4.74 Å². The van der Waals surface area contributed by atoms with Crippen LogP contribution in [0.25, 0.3) is 10.2 Å². The number of aromatic nitrogens is 2. The van der Waals surface area contributed by atoms with Crippen LogP contribution in [0.1, 0.15) is 33.1 Å². The normalized spacial score (nSPS) is 11.0. The van der Waals surface area contributed by atoms with Gasteiger partial charge in [0.15, 0.2) is 0 Å². The number of unbranched alkanes of at least 4 members (excludes halogenated alkanes) is 1. The molecule has 0 bridgehead atoms. The average Bonchev–Trinajstić information content (AvgIpc) is 2.84. The molecule has 0 atom stereocenters. The number of rotatable bonds is 6. The van der Waals surface area contributed by atoms with E-state index in [1.807, 2.05) is 18.4 Å². The van der Waals surface area contributed by atoms with E-state index >= 15 is 0 Å². The number of ether oxygens (including phenoxy) is 1. The van der Waals surface area contributed by atoms with E-state index in [1.54, 1.807) is 4.57 Å². The van der Waals surface area contributed by atoms with E-state index in [4.69, 9.17) is 4.74 Å². The van der Waals surface area contributed by atoms with Gasteiger partial charge in [-0.15, -0.1) is 11.3 Å². The van der Waals surface area contributed by atoms with Crippen molar-refractivity contribution in [2.24, 2.45) is 0 Å². The molecule has 0 saturated carbocycles. The second-order valence-corrected chi connectivity index (χ2v) is 5.09. The third kappa shape index (κ3) is 2.56. The molecule has 0 spiro atoms. The lowest BCUT2D eigenvalue weighted by atomic mass is 10.3. The summed E-state index contributed by atoms with van der Waals surface area (Å²) in [6, 6.07) is 2.30. The minimum absolute atomic E-state index is 0.0146. The maximum absolute atomic E-state index is 12.3. The van der Waals surface area contributed by atoms with E-state index in [0.29, 0.717) is 24.5 Å². The summed E-state index contributed by atoms with van der Waals surface area (Å²) in [6.07, 6.45) is 2.91. The summed E-state index contributed by atoms with van der Waals surface area (Å²) < 4.78 is 7.26. The molecule has 0 radical (unpaired) electrons. The van der Waals surface area contributed by atoms with Gasteiger partial charge in [-0.05, 0) is 24.3 Å². The summed E-state index contributed by atoms with van der Waals surface area (Å²) in [7, 11) is 0. The lowest BCUT2D eigenvalue weighted by Crippen LogP contribution is -2.23. The Labute approximate surface area is 110 Å². The van der Waals surface area contributed by atoms with E-state index in [-0.39, 0.29) is 5.56 Å². The first kappa shape index (κ1) is 13.1. The fraction of sp³-hybridized carbons (Fsp3) is 0.538. The molecule has 0 aliphatic carbocycles. The highest BCUT2D eigenvalue weighted by Crippen LogP contribution is 2.18. The van der Waals surface area contributed by atoms with Crippen molar-refractivity contribution in [1.29, 1.82) is 0 Å². The monoisotopic (exact) mass is 266 g/mol. The first-order chi connectivity index (χ1) is 8.77. The van der Waals surface area contributed by atoms with Gasteiger partial charge in [0.05, 0.1) is 12.0 Å². The maximum Gasteiger partial charge on any atom is 0.300 e. The highest BCUT2D eigenvalue weighted by Gasteiger charge is 2.12. The molecule has 0 saturated heterocycles. The van der Waals surface area contributed by atoms with Crippen LogP contribution < -0.4 is 10.3 Å². The Morgan fingerprint density at radius 2 is 2.22 bits per heavy atom. The fourth-order valence-electron chi connectivity index (χ4n) is 1.75. The second-order valence-electron chi connectivity index (χ2n) is 4.19. The topological polar surface area (TPSA) is 44.1 Å². The first-order valence-electron chi connectivity index (χ1n) is 6.38. The van der Waals surface area contributed by atoms with Crippen molar-refractivity contribution >= 4 is 21.6 Å². The van der Waals surface area contributed by atoms with Gasteiger partial charge in [-0.25, -0.2) is 0 Å². The third-order valence-electron chi connectivity index (χ3n) is 2.72. The Hall–Kier alpha value is -1.36. The molecule has 0 N–H and O–H groups in total. The van der Waals surface area contributed by atoms with Crippen LogP contribution in [-0.2, 0) is 6.54 Å². The molecular formula is C13H18N2O2S. The van der Waals surface area contributed by atoms with Crippen molar-refractivity contribution in [3.63, 3.8) is 0 Å². The largest absolute Gasteiger partial charge is 0.465 e. The molecule has 98 valence electrons. The Balaban J connectivity index is 2.46. The smallest absolute Gasteiger partial charge is 0.300 e. The van der Waals surface area contributed by atoms with E-state index in [2.05, 4.69) is 11.9 Å². The highest BCUT2D eigenvalue weighted by molar-refractivity contribution is 7.16. The number of nitrogens with zero attached hydrogens (tertiary/aromatic N) is 2.